The third-order valence-electron chi connectivity index (χ3n) is 10.2. The molecule has 0 amide bonds. The monoisotopic (exact) mass is 624 g/mol. The predicted octanol–water partition coefficient (Wildman–Crippen LogP) is 13.2. The van der Waals surface area contributed by atoms with Gasteiger partial charge in [0.25, 0.3) is 0 Å². The first-order valence-electron chi connectivity index (χ1n) is 16.9. The average molecular weight is 625 g/mol. The first-order valence-corrected chi connectivity index (χ1v) is 16.9. The van der Waals surface area contributed by atoms with E-state index in [0.29, 0.717) is 0 Å². The molecule has 0 saturated heterocycles. The van der Waals surface area contributed by atoms with Gasteiger partial charge in [-0.25, -0.2) is 0 Å². The number of benzene rings is 9. The van der Waals surface area contributed by atoms with Crippen LogP contribution in [0.3, 0.4) is 0 Å². The second-order valence-corrected chi connectivity index (χ2v) is 13.0. The lowest BCUT2D eigenvalue weighted by atomic mass is 9.94. The molecule has 9 aromatic carbocycles. The molecule has 0 unspecified atom stereocenters. The van der Waals surface area contributed by atoms with Gasteiger partial charge in [-0.2, -0.15) is 0 Å². The van der Waals surface area contributed by atoms with Gasteiger partial charge < -0.3 is 9.47 Å². The Kier molecular flexibility index (Phi) is 6.13. The lowest BCUT2D eigenvalue weighted by Gasteiger charge is -2.26. The average Bonchev–Trinajstić information content (AvgIpc) is 3.49. The molecule has 1 heterocycles. The van der Waals surface area contributed by atoms with Gasteiger partial charge in [-0.3, -0.25) is 0 Å². The number of aryl methyl sites for hydroxylation is 1. The summed E-state index contributed by atoms with van der Waals surface area (Å²) < 4.78 is 2.45. The van der Waals surface area contributed by atoms with Gasteiger partial charge in [0.15, 0.2) is 0 Å². The van der Waals surface area contributed by atoms with E-state index < -0.39 is 0 Å². The number of fused-ring (bicyclic) bond motifs is 10. The largest absolute Gasteiger partial charge is 0.310 e. The maximum absolute atomic E-state index is 2.45. The minimum Gasteiger partial charge on any atom is -0.310 e. The molecule has 2 nitrogen and oxygen atoms in total. The normalized spacial score (nSPS) is 11.8. The van der Waals surface area contributed by atoms with Crippen molar-refractivity contribution < 1.29 is 0 Å². The quantitative estimate of drug-likeness (QED) is 0.177. The number of para-hydroxylation sites is 1. The Hall–Kier alpha value is -6.38. The summed E-state index contributed by atoms with van der Waals surface area (Å²) in [7, 11) is 0. The second kappa shape index (κ2) is 10.8. The number of anilines is 3. The highest BCUT2D eigenvalue weighted by Crippen LogP contribution is 2.43. The zero-order valence-corrected chi connectivity index (χ0v) is 27.1. The van der Waals surface area contributed by atoms with Crippen LogP contribution >= 0.6 is 0 Å². The van der Waals surface area contributed by atoms with E-state index in [4.69, 9.17) is 0 Å². The van der Waals surface area contributed by atoms with Gasteiger partial charge in [0.1, 0.15) is 0 Å². The van der Waals surface area contributed by atoms with Crippen LogP contribution in [0.1, 0.15) is 5.56 Å². The van der Waals surface area contributed by atoms with Gasteiger partial charge >= 0.3 is 0 Å². The van der Waals surface area contributed by atoms with Crippen molar-refractivity contribution in [2.75, 3.05) is 4.90 Å². The molecule has 0 aliphatic carbocycles. The van der Waals surface area contributed by atoms with Gasteiger partial charge in [-0.15, -0.1) is 0 Å². The van der Waals surface area contributed by atoms with Crippen molar-refractivity contribution in [1.29, 1.82) is 0 Å². The first-order chi connectivity index (χ1) is 24.2. The molecule has 0 bridgehead atoms. The van der Waals surface area contributed by atoms with E-state index in [9.17, 15) is 0 Å². The molecule has 1 aromatic heterocycles. The summed E-state index contributed by atoms with van der Waals surface area (Å²) in [5, 5.41) is 12.6. The van der Waals surface area contributed by atoms with E-state index in [1.165, 1.54) is 76.1 Å². The Balaban J connectivity index is 1.26. The Labute approximate surface area is 284 Å². The van der Waals surface area contributed by atoms with Crippen molar-refractivity contribution in [2.24, 2.45) is 0 Å². The highest BCUT2D eigenvalue weighted by atomic mass is 15.1. The van der Waals surface area contributed by atoms with Crippen molar-refractivity contribution in [3.63, 3.8) is 0 Å². The molecule has 49 heavy (non-hydrogen) atoms. The van der Waals surface area contributed by atoms with E-state index in [1.54, 1.807) is 0 Å². The van der Waals surface area contributed by atoms with Crippen molar-refractivity contribution in [3.05, 3.63) is 181 Å². The summed E-state index contributed by atoms with van der Waals surface area (Å²) >= 11 is 0. The third-order valence-corrected chi connectivity index (χ3v) is 10.2. The van der Waals surface area contributed by atoms with Crippen molar-refractivity contribution in [2.45, 2.75) is 6.92 Å². The second-order valence-electron chi connectivity index (χ2n) is 13.0. The van der Waals surface area contributed by atoms with E-state index >= 15 is 0 Å². The zero-order chi connectivity index (χ0) is 32.5. The van der Waals surface area contributed by atoms with Gasteiger partial charge in [0.2, 0.25) is 0 Å². The highest BCUT2D eigenvalue weighted by Gasteiger charge is 2.19. The van der Waals surface area contributed by atoms with Crippen molar-refractivity contribution in [3.8, 4) is 5.69 Å². The topological polar surface area (TPSA) is 8.17 Å². The summed E-state index contributed by atoms with van der Waals surface area (Å²) in [4.78, 5) is 2.41. The van der Waals surface area contributed by atoms with Crippen molar-refractivity contribution >= 4 is 82.0 Å². The Bertz CT molecular complexity index is 2850. The number of hydrogen-bond acceptors (Lipinski definition) is 1. The molecule has 0 atom stereocenters. The molecule has 0 aliphatic heterocycles. The minimum absolute atomic E-state index is 1.12. The lowest BCUT2D eigenvalue weighted by Crippen LogP contribution is -2.10. The maximum Gasteiger partial charge on any atom is 0.0562 e. The summed E-state index contributed by atoms with van der Waals surface area (Å²) in [5.74, 6) is 0. The molecule has 230 valence electrons. The molecule has 10 aromatic rings. The molecule has 0 N–H and O–H groups in total. The van der Waals surface area contributed by atoms with Crippen LogP contribution in [0, 0.1) is 6.92 Å². The lowest BCUT2D eigenvalue weighted by molar-refractivity contribution is 1.19. The van der Waals surface area contributed by atoms with Gasteiger partial charge in [-0.1, -0.05) is 133 Å². The minimum atomic E-state index is 1.12. The zero-order valence-electron chi connectivity index (χ0n) is 27.1. The van der Waals surface area contributed by atoms with E-state index in [0.717, 1.165) is 17.1 Å². The van der Waals surface area contributed by atoms with Crippen LogP contribution in [0.5, 0.6) is 0 Å². The summed E-state index contributed by atoms with van der Waals surface area (Å²) in [6.07, 6.45) is 0. The van der Waals surface area contributed by atoms with Crippen LogP contribution in [0.4, 0.5) is 17.1 Å². The SMILES string of the molecule is Cc1ccc(N(c2ccc3c4ccccc4c4ccccc4c3c2)c2ccc3c4ccccc4n(-c4cccc5ccccc45)c3c2)cc1. The molecule has 10 rings (SSSR count). The predicted molar refractivity (Wildman–Crippen MR) is 210 cm³/mol. The molecule has 0 fully saturated rings. The number of rotatable bonds is 4. The van der Waals surface area contributed by atoms with Crippen LogP contribution in [0.15, 0.2) is 176 Å². The molecule has 0 saturated carbocycles. The van der Waals surface area contributed by atoms with Crippen LogP contribution in [-0.2, 0) is 0 Å². The molecule has 0 radical (unpaired) electrons. The fourth-order valence-corrected chi connectivity index (χ4v) is 7.94. The molecular weight excluding hydrogens is 593 g/mol. The fourth-order valence-electron chi connectivity index (χ4n) is 7.94. The van der Waals surface area contributed by atoms with E-state index in [2.05, 4.69) is 192 Å². The highest BCUT2D eigenvalue weighted by molar-refractivity contribution is 6.26. The fraction of sp³-hybridized carbons (Fsp3) is 0.0213. The standard InChI is InChI=1S/C47H32N2/c1-31-21-23-33(24-22-31)48(34-25-27-41-39-16-5-4-14-37(39)38-15-6-7-17-40(38)44(41)29-34)35-26-28-43-42-18-8-9-19-46(42)49(47(43)30-35)45-20-10-12-32-11-2-3-13-36(32)45/h2-30H,1H3. The summed E-state index contributed by atoms with van der Waals surface area (Å²) in [5.41, 5.74) is 8.19. The molecular formula is C47H32N2. The Morgan fingerprint density at radius 1 is 0.347 bits per heavy atom. The van der Waals surface area contributed by atoms with Crippen LogP contribution < -0.4 is 4.90 Å². The summed E-state index contributed by atoms with van der Waals surface area (Å²) in [6, 6.07) is 64.5. The smallest absolute Gasteiger partial charge is 0.0562 e. The maximum atomic E-state index is 2.45. The number of aromatic nitrogens is 1. The van der Waals surface area contributed by atoms with E-state index in [-0.39, 0.29) is 0 Å². The van der Waals surface area contributed by atoms with Gasteiger partial charge in [0.05, 0.1) is 16.7 Å². The van der Waals surface area contributed by atoms with Crippen LogP contribution in [-0.4, -0.2) is 4.57 Å². The van der Waals surface area contributed by atoms with Crippen LogP contribution in [0.25, 0.3) is 70.6 Å². The number of nitrogens with zero attached hydrogens (tertiary/aromatic N) is 2. The van der Waals surface area contributed by atoms with Gasteiger partial charge in [-0.05, 0) is 93.2 Å². The van der Waals surface area contributed by atoms with Crippen LogP contribution in [0.2, 0.25) is 0 Å². The molecule has 2 heteroatoms. The Morgan fingerprint density at radius 3 is 1.55 bits per heavy atom. The Morgan fingerprint density at radius 2 is 0.837 bits per heavy atom. The van der Waals surface area contributed by atoms with Gasteiger partial charge in [0, 0.05) is 33.2 Å². The molecule has 0 aliphatic rings. The van der Waals surface area contributed by atoms with Crippen molar-refractivity contribution in [1.82, 2.24) is 4.57 Å². The molecule has 0 spiro atoms. The first kappa shape index (κ1) is 27.7. The summed E-state index contributed by atoms with van der Waals surface area (Å²) in [6.45, 7) is 2.15. The van der Waals surface area contributed by atoms with E-state index in [1.807, 2.05) is 0 Å². The number of hydrogen-bond donors (Lipinski definition) is 0. The third kappa shape index (κ3) is 4.28.